The molecule has 0 aliphatic carbocycles. The van der Waals surface area contributed by atoms with Crippen LogP contribution >= 0.6 is 0 Å². The number of nitrogens with zero attached hydrogens (tertiary/aromatic N) is 3. The Kier molecular flexibility index (Phi) is 5.10. The van der Waals surface area contributed by atoms with Gasteiger partial charge < -0.3 is 14.4 Å². The van der Waals surface area contributed by atoms with Crippen molar-refractivity contribution in [2.45, 2.75) is 31.7 Å². The van der Waals surface area contributed by atoms with Gasteiger partial charge in [-0.15, -0.1) is 0 Å². The molecule has 7 heteroatoms. The van der Waals surface area contributed by atoms with Crippen molar-refractivity contribution in [3.8, 4) is 11.5 Å². The quantitative estimate of drug-likeness (QED) is 0.650. The molecule has 1 amide bonds. The number of benzene rings is 2. The van der Waals surface area contributed by atoms with Gasteiger partial charge in [0.25, 0.3) is 5.56 Å². The summed E-state index contributed by atoms with van der Waals surface area (Å²) in [5, 5.41) is 0.596. The Morgan fingerprint density at radius 3 is 2.81 bits per heavy atom. The molecule has 31 heavy (non-hydrogen) atoms. The largest absolute Gasteiger partial charge is 0.486 e. The van der Waals surface area contributed by atoms with Crippen LogP contribution in [-0.4, -0.2) is 40.1 Å². The molecule has 1 fully saturated rings. The van der Waals surface area contributed by atoms with Crippen LogP contribution < -0.4 is 15.0 Å². The average Bonchev–Trinajstić information content (AvgIpc) is 3.30. The summed E-state index contributed by atoms with van der Waals surface area (Å²) < 4.78 is 12.9. The molecule has 0 saturated carbocycles. The highest BCUT2D eigenvalue weighted by atomic mass is 16.6. The molecule has 0 spiro atoms. The fraction of sp³-hybridized carbons (Fsp3) is 0.375. The molecule has 2 aliphatic heterocycles. The third-order valence-corrected chi connectivity index (χ3v) is 6.16. The van der Waals surface area contributed by atoms with E-state index in [2.05, 4.69) is 4.98 Å². The van der Waals surface area contributed by atoms with Crippen LogP contribution in [0.4, 0.5) is 0 Å². The van der Waals surface area contributed by atoms with E-state index in [-0.39, 0.29) is 17.5 Å². The smallest absolute Gasteiger partial charge is 0.261 e. The van der Waals surface area contributed by atoms with Gasteiger partial charge in [0, 0.05) is 26.4 Å². The summed E-state index contributed by atoms with van der Waals surface area (Å²) in [6.45, 7) is 1.84. The molecular formula is C24H25N3O4. The summed E-state index contributed by atoms with van der Waals surface area (Å²) in [5.74, 6) is 2.22. The zero-order valence-electron chi connectivity index (χ0n) is 17.5. The Bertz CT molecular complexity index is 1200. The van der Waals surface area contributed by atoms with E-state index in [1.165, 1.54) is 0 Å². The molecule has 1 saturated heterocycles. The van der Waals surface area contributed by atoms with Crippen molar-refractivity contribution in [1.82, 2.24) is 14.5 Å². The van der Waals surface area contributed by atoms with E-state index >= 15 is 0 Å². The molecule has 2 aliphatic rings. The first-order chi connectivity index (χ1) is 15.1. The summed E-state index contributed by atoms with van der Waals surface area (Å²) in [4.78, 5) is 32.3. The first kappa shape index (κ1) is 19.6. The van der Waals surface area contributed by atoms with Gasteiger partial charge in [-0.2, -0.15) is 0 Å². The molecule has 0 N–H and O–H groups in total. The van der Waals surface area contributed by atoms with E-state index in [1.807, 2.05) is 41.3 Å². The van der Waals surface area contributed by atoms with E-state index < -0.39 is 0 Å². The number of hydrogen-bond acceptors (Lipinski definition) is 5. The monoisotopic (exact) mass is 419 g/mol. The minimum Gasteiger partial charge on any atom is -0.486 e. The number of likely N-dealkylation sites (tertiary alicyclic amines) is 1. The lowest BCUT2D eigenvalue weighted by molar-refractivity contribution is -0.132. The second-order valence-corrected chi connectivity index (χ2v) is 8.06. The SMILES string of the molecule is Cn1c(CCC(=O)N2CCCC2c2ccc3c(c2)OCCO3)nc2ccccc2c1=O. The first-order valence-corrected chi connectivity index (χ1v) is 10.8. The molecule has 3 heterocycles. The van der Waals surface area contributed by atoms with Gasteiger partial charge in [0.1, 0.15) is 19.0 Å². The van der Waals surface area contributed by atoms with Crippen LogP contribution in [0, 0.1) is 0 Å². The normalized spacial score (nSPS) is 17.8. The first-order valence-electron chi connectivity index (χ1n) is 10.8. The zero-order chi connectivity index (χ0) is 21.4. The third-order valence-electron chi connectivity index (χ3n) is 6.16. The Morgan fingerprint density at radius 1 is 1.13 bits per heavy atom. The van der Waals surface area contributed by atoms with Crippen LogP contribution in [0.2, 0.25) is 0 Å². The van der Waals surface area contributed by atoms with E-state index in [4.69, 9.17) is 9.47 Å². The van der Waals surface area contributed by atoms with Gasteiger partial charge in [-0.05, 0) is 42.7 Å². The molecule has 1 atom stereocenters. The van der Waals surface area contributed by atoms with Gasteiger partial charge in [-0.3, -0.25) is 14.2 Å². The number of fused-ring (bicyclic) bond motifs is 2. The Labute approximate surface area is 180 Å². The number of ether oxygens (including phenoxy) is 2. The van der Waals surface area contributed by atoms with Crippen molar-refractivity contribution < 1.29 is 14.3 Å². The summed E-state index contributed by atoms with van der Waals surface area (Å²) in [6.07, 6.45) is 2.65. The minimum absolute atomic E-state index is 0.0386. The molecule has 5 rings (SSSR count). The highest BCUT2D eigenvalue weighted by Crippen LogP contribution is 2.38. The summed E-state index contributed by atoms with van der Waals surface area (Å²) in [5.41, 5.74) is 1.66. The van der Waals surface area contributed by atoms with Gasteiger partial charge in [0.05, 0.1) is 16.9 Å². The number of amides is 1. The summed E-state index contributed by atoms with van der Waals surface area (Å²) >= 11 is 0. The minimum atomic E-state index is -0.0802. The van der Waals surface area contributed by atoms with Crippen LogP contribution in [0.5, 0.6) is 11.5 Å². The fourth-order valence-electron chi connectivity index (χ4n) is 4.53. The van der Waals surface area contributed by atoms with Crippen LogP contribution in [0.1, 0.15) is 36.7 Å². The predicted octanol–water partition coefficient (Wildman–Crippen LogP) is 3.00. The van der Waals surface area contributed by atoms with Crippen LogP contribution in [0.3, 0.4) is 0 Å². The Morgan fingerprint density at radius 2 is 1.94 bits per heavy atom. The van der Waals surface area contributed by atoms with Crippen molar-refractivity contribution in [2.24, 2.45) is 7.05 Å². The van der Waals surface area contributed by atoms with Crippen molar-refractivity contribution >= 4 is 16.8 Å². The van der Waals surface area contributed by atoms with Crippen LogP contribution in [0.15, 0.2) is 47.3 Å². The van der Waals surface area contributed by atoms with Crippen LogP contribution in [-0.2, 0) is 18.3 Å². The molecule has 2 aromatic carbocycles. The number of aryl methyl sites for hydroxylation is 1. The number of hydrogen-bond donors (Lipinski definition) is 0. The van der Waals surface area contributed by atoms with Gasteiger partial charge in [0.15, 0.2) is 11.5 Å². The molecule has 0 radical (unpaired) electrons. The van der Waals surface area contributed by atoms with E-state index in [0.29, 0.717) is 42.8 Å². The van der Waals surface area contributed by atoms with Crippen LogP contribution in [0.25, 0.3) is 10.9 Å². The summed E-state index contributed by atoms with van der Waals surface area (Å²) in [7, 11) is 1.72. The standard InChI is InChI=1S/C24H25N3O4/c1-26-22(25-18-6-3-2-5-17(18)24(26)29)10-11-23(28)27-12-4-7-19(27)16-8-9-20-21(15-16)31-14-13-30-20/h2-3,5-6,8-9,15,19H,4,7,10-14H2,1H3. The van der Waals surface area contributed by atoms with Crippen molar-refractivity contribution in [3.63, 3.8) is 0 Å². The second kappa shape index (κ2) is 8.06. The Hall–Kier alpha value is -3.35. The molecule has 7 nitrogen and oxygen atoms in total. The number of carbonyl (C=O) groups is 1. The molecule has 160 valence electrons. The van der Waals surface area contributed by atoms with Crippen molar-refractivity contribution in [3.05, 3.63) is 64.2 Å². The highest BCUT2D eigenvalue weighted by molar-refractivity contribution is 5.78. The predicted molar refractivity (Wildman–Crippen MR) is 116 cm³/mol. The van der Waals surface area contributed by atoms with E-state index in [1.54, 1.807) is 17.7 Å². The Balaban J connectivity index is 1.33. The lowest BCUT2D eigenvalue weighted by Crippen LogP contribution is -2.31. The second-order valence-electron chi connectivity index (χ2n) is 8.06. The van der Waals surface area contributed by atoms with Gasteiger partial charge >= 0.3 is 0 Å². The fourth-order valence-corrected chi connectivity index (χ4v) is 4.53. The number of para-hydroxylation sites is 1. The average molecular weight is 419 g/mol. The maximum atomic E-state index is 13.1. The topological polar surface area (TPSA) is 73.7 Å². The van der Waals surface area contributed by atoms with Crippen molar-refractivity contribution in [2.75, 3.05) is 19.8 Å². The van der Waals surface area contributed by atoms with E-state index in [9.17, 15) is 9.59 Å². The highest BCUT2D eigenvalue weighted by Gasteiger charge is 2.30. The maximum Gasteiger partial charge on any atom is 0.261 e. The number of rotatable bonds is 4. The lowest BCUT2D eigenvalue weighted by atomic mass is 10.0. The van der Waals surface area contributed by atoms with Gasteiger partial charge in [0.2, 0.25) is 5.91 Å². The van der Waals surface area contributed by atoms with Crippen molar-refractivity contribution in [1.29, 1.82) is 0 Å². The maximum absolute atomic E-state index is 13.1. The summed E-state index contributed by atoms with van der Waals surface area (Å²) in [6, 6.07) is 13.3. The lowest BCUT2D eigenvalue weighted by Gasteiger charge is -2.27. The number of carbonyl (C=O) groups excluding carboxylic acids is 1. The molecule has 1 unspecified atom stereocenters. The van der Waals surface area contributed by atoms with Gasteiger partial charge in [-0.25, -0.2) is 4.98 Å². The molecule has 0 bridgehead atoms. The van der Waals surface area contributed by atoms with Gasteiger partial charge in [-0.1, -0.05) is 18.2 Å². The zero-order valence-corrected chi connectivity index (χ0v) is 17.5. The third kappa shape index (κ3) is 3.65. The molecular weight excluding hydrogens is 394 g/mol. The number of aromatic nitrogens is 2. The molecule has 3 aromatic rings. The van der Waals surface area contributed by atoms with E-state index in [0.717, 1.165) is 36.4 Å². The molecule has 1 aromatic heterocycles.